The number of para-hydroxylation sites is 1. The highest BCUT2D eigenvalue weighted by Gasteiger charge is 1.96. The Labute approximate surface area is 107 Å². The van der Waals surface area contributed by atoms with E-state index in [1.165, 1.54) is 0 Å². The van der Waals surface area contributed by atoms with E-state index in [1.54, 1.807) is 7.11 Å². The zero-order valence-electron chi connectivity index (χ0n) is 10.6. The fourth-order valence-electron chi connectivity index (χ4n) is 1.66. The second-order valence-corrected chi connectivity index (χ2v) is 3.92. The molecule has 1 aromatic heterocycles. The molecule has 1 aromatic carbocycles. The fraction of sp³-hybridized carbons (Fsp3) is 0.357. The smallest absolute Gasteiger partial charge is 0.126 e. The topological polar surface area (TPSA) is 43.4 Å². The van der Waals surface area contributed by atoms with Crippen LogP contribution in [0.5, 0.6) is 0 Å². The van der Waals surface area contributed by atoms with Crippen LogP contribution >= 0.6 is 0 Å². The Morgan fingerprint density at radius 2 is 1.94 bits per heavy atom. The minimum atomic E-state index is 0.628. The highest BCUT2D eigenvalue weighted by molar-refractivity contribution is 5.79. The summed E-state index contributed by atoms with van der Waals surface area (Å²) in [5.41, 5.74) is 1.00. The molecule has 0 radical (unpaired) electrons. The molecule has 1 N–H and O–H groups in total. The first-order valence-electron chi connectivity index (χ1n) is 6.06. The van der Waals surface area contributed by atoms with E-state index < -0.39 is 0 Å². The second kappa shape index (κ2) is 6.93. The molecule has 4 heteroatoms. The zero-order chi connectivity index (χ0) is 12.6. The number of ether oxygens (including phenoxy) is 2. The van der Waals surface area contributed by atoms with Crippen molar-refractivity contribution in [1.29, 1.82) is 0 Å². The van der Waals surface area contributed by atoms with Crippen LogP contribution in [0.4, 0.5) is 5.82 Å². The van der Waals surface area contributed by atoms with Crippen molar-refractivity contribution in [2.75, 3.05) is 38.8 Å². The number of benzene rings is 1. The van der Waals surface area contributed by atoms with Crippen molar-refractivity contribution in [2.45, 2.75) is 0 Å². The molecule has 0 spiro atoms. The third-order valence-electron chi connectivity index (χ3n) is 2.58. The van der Waals surface area contributed by atoms with E-state index in [9.17, 15) is 0 Å². The summed E-state index contributed by atoms with van der Waals surface area (Å²) in [6, 6.07) is 12.1. The summed E-state index contributed by atoms with van der Waals surface area (Å²) < 4.78 is 10.3. The first kappa shape index (κ1) is 12.8. The van der Waals surface area contributed by atoms with E-state index in [0.717, 1.165) is 23.3 Å². The van der Waals surface area contributed by atoms with Crippen LogP contribution in [0.2, 0.25) is 0 Å². The molecule has 2 aromatic rings. The van der Waals surface area contributed by atoms with Crippen molar-refractivity contribution < 1.29 is 9.47 Å². The van der Waals surface area contributed by atoms with Gasteiger partial charge in [0.15, 0.2) is 0 Å². The van der Waals surface area contributed by atoms with Gasteiger partial charge in [-0.3, -0.25) is 0 Å². The van der Waals surface area contributed by atoms with E-state index in [1.807, 2.05) is 24.3 Å². The number of methoxy groups -OCH3 is 1. The van der Waals surface area contributed by atoms with Gasteiger partial charge in [-0.15, -0.1) is 0 Å². The van der Waals surface area contributed by atoms with Gasteiger partial charge in [0.2, 0.25) is 0 Å². The van der Waals surface area contributed by atoms with Crippen LogP contribution < -0.4 is 5.32 Å². The van der Waals surface area contributed by atoms with Crippen LogP contribution in [0.3, 0.4) is 0 Å². The normalized spacial score (nSPS) is 10.7. The summed E-state index contributed by atoms with van der Waals surface area (Å²) in [4.78, 5) is 4.52. The van der Waals surface area contributed by atoms with Gasteiger partial charge in [0.05, 0.1) is 25.3 Å². The predicted octanol–water partition coefficient (Wildman–Crippen LogP) is 2.31. The monoisotopic (exact) mass is 246 g/mol. The molecule has 0 saturated heterocycles. The molecule has 1 heterocycles. The number of anilines is 1. The first-order valence-corrected chi connectivity index (χ1v) is 6.06. The van der Waals surface area contributed by atoms with Gasteiger partial charge in [-0.25, -0.2) is 4.98 Å². The van der Waals surface area contributed by atoms with Gasteiger partial charge in [0, 0.05) is 19.0 Å². The van der Waals surface area contributed by atoms with Gasteiger partial charge in [-0.2, -0.15) is 0 Å². The number of hydrogen-bond donors (Lipinski definition) is 1. The fourth-order valence-corrected chi connectivity index (χ4v) is 1.66. The molecule has 0 bridgehead atoms. The van der Waals surface area contributed by atoms with E-state index in [0.29, 0.717) is 19.8 Å². The summed E-state index contributed by atoms with van der Waals surface area (Å²) in [7, 11) is 1.67. The average Bonchev–Trinajstić information content (AvgIpc) is 2.42. The molecule has 2 rings (SSSR count). The third-order valence-corrected chi connectivity index (χ3v) is 2.58. The van der Waals surface area contributed by atoms with E-state index in [2.05, 4.69) is 22.4 Å². The Bertz CT molecular complexity index is 488. The van der Waals surface area contributed by atoms with Crippen LogP contribution in [0.1, 0.15) is 0 Å². The molecule has 0 saturated carbocycles. The Hall–Kier alpha value is -1.65. The summed E-state index contributed by atoms with van der Waals surface area (Å²) in [6.07, 6.45) is 0. The van der Waals surface area contributed by atoms with E-state index >= 15 is 0 Å². The van der Waals surface area contributed by atoms with Crippen molar-refractivity contribution in [3.8, 4) is 0 Å². The van der Waals surface area contributed by atoms with Crippen molar-refractivity contribution in [2.24, 2.45) is 0 Å². The lowest BCUT2D eigenvalue weighted by atomic mass is 10.2. The lowest BCUT2D eigenvalue weighted by molar-refractivity contribution is 0.0759. The number of hydrogen-bond acceptors (Lipinski definition) is 4. The number of nitrogens with zero attached hydrogens (tertiary/aromatic N) is 1. The maximum Gasteiger partial charge on any atom is 0.126 e. The number of pyridine rings is 1. The second-order valence-electron chi connectivity index (χ2n) is 3.92. The van der Waals surface area contributed by atoms with Crippen LogP contribution in [-0.2, 0) is 9.47 Å². The summed E-state index contributed by atoms with van der Waals surface area (Å²) in [6.45, 7) is 2.66. The van der Waals surface area contributed by atoms with Gasteiger partial charge in [-0.1, -0.05) is 18.2 Å². The van der Waals surface area contributed by atoms with Crippen molar-refractivity contribution in [1.82, 2.24) is 4.98 Å². The summed E-state index contributed by atoms with van der Waals surface area (Å²) >= 11 is 0. The van der Waals surface area contributed by atoms with E-state index in [-0.39, 0.29) is 0 Å². The lowest BCUT2D eigenvalue weighted by Gasteiger charge is -2.07. The molecule has 18 heavy (non-hydrogen) atoms. The van der Waals surface area contributed by atoms with Gasteiger partial charge < -0.3 is 14.8 Å². The van der Waals surface area contributed by atoms with Gasteiger partial charge in [0.1, 0.15) is 5.82 Å². The Balaban J connectivity index is 1.81. The van der Waals surface area contributed by atoms with Crippen LogP contribution in [0.15, 0.2) is 36.4 Å². The number of aromatic nitrogens is 1. The Morgan fingerprint density at radius 3 is 2.83 bits per heavy atom. The maximum atomic E-state index is 5.37. The van der Waals surface area contributed by atoms with Gasteiger partial charge in [0.25, 0.3) is 0 Å². The SMILES string of the molecule is COCCOCCNc1ccc2ccccc2n1. The largest absolute Gasteiger partial charge is 0.382 e. The maximum absolute atomic E-state index is 5.37. The zero-order valence-corrected chi connectivity index (χ0v) is 10.6. The molecule has 96 valence electrons. The molecule has 0 atom stereocenters. The molecular weight excluding hydrogens is 228 g/mol. The summed E-state index contributed by atoms with van der Waals surface area (Å²) in [5.74, 6) is 0.879. The van der Waals surface area contributed by atoms with Crippen LogP contribution in [-0.4, -0.2) is 38.5 Å². The molecular formula is C14H18N2O2. The van der Waals surface area contributed by atoms with Gasteiger partial charge >= 0.3 is 0 Å². The highest BCUT2D eigenvalue weighted by atomic mass is 16.5. The van der Waals surface area contributed by atoms with Crippen molar-refractivity contribution >= 4 is 16.7 Å². The molecule has 4 nitrogen and oxygen atoms in total. The minimum Gasteiger partial charge on any atom is -0.382 e. The molecule has 0 fully saturated rings. The minimum absolute atomic E-state index is 0.628. The first-order chi connectivity index (χ1) is 8.90. The van der Waals surface area contributed by atoms with Crippen LogP contribution in [0, 0.1) is 0 Å². The van der Waals surface area contributed by atoms with E-state index in [4.69, 9.17) is 9.47 Å². The lowest BCUT2D eigenvalue weighted by Crippen LogP contribution is -2.12. The molecule has 0 unspecified atom stereocenters. The van der Waals surface area contributed by atoms with Gasteiger partial charge in [-0.05, 0) is 18.2 Å². The molecule has 0 aliphatic rings. The molecule has 0 aliphatic carbocycles. The third kappa shape index (κ3) is 3.68. The Kier molecular flexibility index (Phi) is 4.93. The van der Waals surface area contributed by atoms with Crippen molar-refractivity contribution in [3.05, 3.63) is 36.4 Å². The number of nitrogens with one attached hydrogen (secondary N) is 1. The van der Waals surface area contributed by atoms with Crippen molar-refractivity contribution in [3.63, 3.8) is 0 Å². The quantitative estimate of drug-likeness (QED) is 0.761. The van der Waals surface area contributed by atoms with Crippen LogP contribution in [0.25, 0.3) is 10.9 Å². The number of rotatable bonds is 7. The highest BCUT2D eigenvalue weighted by Crippen LogP contribution is 2.14. The standard InChI is InChI=1S/C14H18N2O2/c1-17-10-11-18-9-8-15-14-7-6-12-4-2-3-5-13(12)16-14/h2-7H,8-11H2,1H3,(H,15,16). The average molecular weight is 246 g/mol. The Morgan fingerprint density at radius 1 is 1.06 bits per heavy atom. The molecule has 0 amide bonds. The predicted molar refractivity (Wildman–Crippen MR) is 72.9 cm³/mol. The molecule has 0 aliphatic heterocycles. The summed E-state index contributed by atoms with van der Waals surface area (Å²) in [5, 5.41) is 4.39. The number of fused-ring (bicyclic) bond motifs is 1.